The van der Waals surface area contributed by atoms with Gasteiger partial charge >= 0.3 is 5.97 Å². The molecule has 0 amide bonds. The van der Waals surface area contributed by atoms with Crippen LogP contribution in [-0.4, -0.2) is 48.1 Å². The van der Waals surface area contributed by atoms with E-state index in [4.69, 9.17) is 9.47 Å². The second-order valence-corrected chi connectivity index (χ2v) is 12.9. The molecule has 6 aromatic rings. The summed E-state index contributed by atoms with van der Waals surface area (Å²) in [4.78, 5) is 21.9. The second-order valence-electron chi connectivity index (χ2n) is 11.7. The first kappa shape index (κ1) is 31.6. The fourth-order valence-corrected chi connectivity index (χ4v) is 6.66. The highest BCUT2D eigenvalue weighted by atomic mass is 32.1. The molecule has 2 aromatic carbocycles. The summed E-state index contributed by atoms with van der Waals surface area (Å²) in [6, 6.07) is 13.1. The fraction of sp³-hybridized carbons (Fsp3) is 0.257. The number of ether oxygens (including phenoxy) is 2. The van der Waals surface area contributed by atoms with E-state index < -0.39 is 17.6 Å². The maximum absolute atomic E-state index is 15.6. The number of imidazole rings is 1. The number of nitrogens with zero attached hydrogens (tertiary/aromatic N) is 5. The van der Waals surface area contributed by atoms with Crippen LogP contribution in [0, 0.1) is 17.5 Å². The zero-order chi connectivity index (χ0) is 33.4. The first-order valence-electron chi connectivity index (χ1n) is 15.4. The lowest BCUT2D eigenvalue weighted by atomic mass is 10.0. The van der Waals surface area contributed by atoms with E-state index in [1.807, 2.05) is 17.8 Å². The van der Waals surface area contributed by atoms with Crippen LogP contribution in [0.25, 0.3) is 22.3 Å². The molecule has 9 nitrogen and oxygen atoms in total. The third-order valence-electron chi connectivity index (χ3n) is 8.32. The lowest BCUT2D eigenvalue weighted by Crippen LogP contribution is -2.31. The van der Waals surface area contributed by atoms with Crippen molar-refractivity contribution in [1.82, 2.24) is 24.3 Å². The number of hydrogen-bond acceptors (Lipinski definition) is 7. The van der Waals surface area contributed by atoms with Crippen LogP contribution < -0.4 is 4.74 Å². The highest BCUT2D eigenvalue weighted by Crippen LogP contribution is 2.30. The highest BCUT2D eigenvalue weighted by molar-refractivity contribution is 7.12. The largest absolute Gasteiger partial charge is 0.478 e. The van der Waals surface area contributed by atoms with E-state index >= 15 is 8.78 Å². The fourth-order valence-electron chi connectivity index (χ4n) is 5.70. The van der Waals surface area contributed by atoms with E-state index in [0.29, 0.717) is 41.3 Å². The lowest BCUT2D eigenvalue weighted by molar-refractivity contribution is -0.0589. The van der Waals surface area contributed by atoms with Gasteiger partial charge in [-0.25, -0.2) is 27.9 Å². The Balaban J connectivity index is 1.07. The van der Waals surface area contributed by atoms with Crippen molar-refractivity contribution in [3.05, 3.63) is 117 Å². The Morgan fingerprint density at radius 1 is 1.06 bits per heavy atom. The van der Waals surface area contributed by atoms with Crippen molar-refractivity contribution >= 4 is 28.3 Å². The molecule has 7 rings (SSSR count). The van der Waals surface area contributed by atoms with Gasteiger partial charge in [-0.1, -0.05) is 6.07 Å². The van der Waals surface area contributed by atoms with Crippen LogP contribution in [0.15, 0.2) is 67.0 Å². The Kier molecular flexibility index (Phi) is 8.71. The van der Waals surface area contributed by atoms with Crippen LogP contribution in [0.2, 0.25) is 0 Å². The topological polar surface area (TPSA) is 104 Å². The molecule has 1 aliphatic rings. The summed E-state index contributed by atoms with van der Waals surface area (Å²) in [7, 11) is 1.85. The monoisotopic (exact) mass is 673 g/mol. The number of benzene rings is 2. The molecule has 0 unspecified atom stereocenters. The molecular weight excluding hydrogens is 643 g/mol. The van der Waals surface area contributed by atoms with Gasteiger partial charge < -0.3 is 19.1 Å². The Labute approximate surface area is 277 Å². The quantitative estimate of drug-likeness (QED) is 0.153. The van der Waals surface area contributed by atoms with Crippen LogP contribution in [0.4, 0.5) is 13.2 Å². The van der Waals surface area contributed by atoms with Crippen molar-refractivity contribution in [2.45, 2.75) is 44.9 Å². The van der Waals surface area contributed by atoms with Gasteiger partial charge in [-0.05, 0) is 72.9 Å². The Morgan fingerprint density at radius 3 is 2.67 bits per heavy atom. The number of carboxylic acids is 1. The smallest absolute Gasteiger partial charge is 0.335 e. The predicted molar refractivity (Wildman–Crippen MR) is 173 cm³/mol. The van der Waals surface area contributed by atoms with Crippen LogP contribution in [0.5, 0.6) is 5.88 Å². The minimum Gasteiger partial charge on any atom is -0.478 e. The Hall–Kier alpha value is -5.01. The summed E-state index contributed by atoms with van der Waals surface area (Å²) in [5.41, 5.74) is 2.50. The molecule has 5 heterocycles. The number of carbonyl (C=O) groups is 1. The molecule has 1 N–H and O–H groups in total. The van der Waals surface area contributed by atoms with E-state index in [2.05, 4.69) is 15.1 Å². The number of aromatic carboxylic acids is 1. The third-order valence-corrected chi connectivity index (χ3v) is 9.46. The number of thiophene rings is 1. The Bertz CT molecular complexity index is 2140. The van der Waals surface area contributed by atoms with Crippen molar-refractivity contribution in [3.8, 4) is 17.1 Å². The van der Waals surface area contributed by atoms with Gasteiger partial charge in [0.2, 0.25) is 5.88 Å². The molecule has 0 saturated carbocycles. The van der Waals surface area contributed by atoms with E-state index in [1.165, 1.54) is 29.5 Å². The van der Waals surface area contributed by atoms with Gasteiger partial charge in [0.1, 0.15) is 29.9 Å². The van der Waals surface area contributed by atoms with Crippen molar-refractivity contribution in [3.63, 3.8) is 0 Å². The number of aryl methyl sites for hydroxylation is 3. The molecule has 0 spiro atoms. The first-order chi connectivity index (χ1) is 23.2. The third kappa shape index (κ3) is 6.69. The zero-order valence-corrected chi connectivity index (χ0v) is 26.6. The number of rotatable bonds is 12. The van der Waals surface area contributed by atoms with Gasteiger partial charge in [-0.2, -0.15) is 5.10 Å². The van der Waals surface area contributed by atoms with Gasteiger partial charge in [-0.15, -0.1) is 11.3 Å². The summed E-state index contributed by atoms with van der Waals surface area (Å²) in [6.45, 7) is 0.986. The summed E-state index contributed by atoms with van der Waals surface area (Å²) < 4.78 is 60.7. The number of hydrogen-bond donors (Lipinski definition) is 1. The summed E-state index contributed by atoms with van der Waals surface area (Å²) in [6.07, 6.45) is 5.86. The first-order valence-corrected chi connectivity index (χ1v) is 16.2. The summed E-state index contributed by atoms with van der Waals surface area (Å²) >= 11 is 1.32. The van der Waals surface area contributed by atoms with E-state index in [1.54, 1.807) is 35.1 Å². The highest BCUT2D eigenvalue weighted by Gasteiger charge is 2.24. The number of halogens is 3. The van der Waals surface area contributed by atoms with Crippen molar-refractivity contribution in [2.75, 3.05) is 6.61 Å². The predicted octanol–water partition coefficient (Wildman–Crippen LogP) is 6.75. The Morgan fingerprint density at radius 2 is 1.92 bits per heavy atom. The van der Waals surface area contributed by atoms with E-state index in [-0.39, 0.29) is 53.2 Å². The summed E-state index contributed by atoms with van der Waals surface area (Å²) in [5.74, 6) is -2.16. The van der Waals surface area contributed by atoms with Crippen LogP contribution in [-0.2, 0) is 44.2 Å². The van der Waals surface area contributed by atoms with Crippen molar-refractivity contribution in [2.24, 2.45) is 7.05 Å². The van der Waals surface area contributed by atoms with E-state index in [9.17, 15) is 14.3 Å². The second kappa shape index (κ2) is 13.2. The molecular formula is C35H30F3N5O4S. The molecule has 4 aromatic heterocycles. The van der Waals surface area contributed by atoms with Gasteiger partial charge in [0, 0.05) is 42.8 Å². The van der Waals surface area contributed by atoms with E-state index in [0.717, 1.165) is 35.4 Å². The molecule has 0 aliphatic carbocycles. The zero-order valence-electron chi connectivity index (χ0n) is 25.8. The number of aromatic nitrogens is 5. The average Bonchev–Trinajstić information content (AvgIpc) is 3.73. The number of pyridine rings is 1. The minimum absolute atomic E-state index is 0.0278. The van der Waals surface area contributed by atoms with Crippen LogP contribution >= 0.6 is 11.3 Å². The average molecular weight is 674 g/mol. The number of fused-ring (bicyclic) bond motifs is 1. The standard InChI is InChI=1S/C35H30F3N5O4S/c1-42-17-20(16-39-42)5-7-24-14-28(38)32(48-24)19-47-34-4-2-3-29(41-34)25-15-26(36)22(11-27(25)37)13-33-40-30-8-6-21(35(44)45)12-31(30)43(33)18-23-9-10-46-23/h2-4,6,8,11-12,14-17,23H,5,7,9-10,13,18-19H2,1H3,(H,44,45)/t23-/m0/s1. The van der Waals surface area contributed by atoms with Crippen molar-refractivity contribution in [1.29, 1.82) is 0 Å². The van der Waals surface area contributed by atoms with Gasteiger partial charge in [0.05, 0.1) is 46.0 Å². The molecule has 0 radical (unpaired) electrons. The SMILES string of the molecule is Cn1cc(CCc2cc(F)c(COc3cccc(-c4cc(F)c(Cc5nc6ccc(C(=O)O)cc6n5C[C@@H]5CCO5)cc4F)n3)s2)cn1. The number of carboxylic acid groups (broad SMARTS) is 1. The maximum atomic E-state index is 15.6. The van der Waals surface area contributed by atoms with Gasteiger partial charge in [0.15, 0.2) is 0 Å². The molecule has 48 heavy (non-hydrogen) atoms. The van der Waals surface area contributed by atoms with Crippen LogP contribution in [0.3, 0.4) is 0 Å². The maximum Gasteiger partial charge on any atom is 0.335 e. The lowest BCUT2D eigenvalue weighted by Gasteiger charge is -2.27. The molecule has 13 heteroatoms. The molecule has 1 fully saturated rings. The van der Waals surface area contributed by atoms with Gasteiger partial charge in [0.25, 0.3) is 0 Å². The van der Waals surface area contributed by atoms with Gasteiger partial charge in [-0.3, -0.25) is 4.68 Å². The molecule has 1 atom stereocenters. The molecule has 1 saturated heterocycles. The van der Waals surface area contributed by atoms with Crippen LogP contribution in [0.1, 0.15) is 43.5 Å². The minimum atomic E-state index is -1.07. The van der Waals surface area contributed by atoms with Crippen molar-refractivity contribution < 1.29 is 32.5 Å². The normalized spacial score (nSPS) is 14.4. The summed E-state index contributed by atoms with van der Waals surface area (Å²) in [5, 5.41) is 13.6. The molecule has 246 valence electrons. The molecule has 1 aliphatic heterocycles. The molecule has 0 bridgehead atoms.